The zero-order valence-corrected chi connectivity index (χ0v) is 13.8. The van der Waals surface area contributed by atoms with Gasteiger partial charge in [0, 0.05) is 0 Å². The Morgan fingerprint density at radius 3 is 1.63 bits per heavy atom. The van der Waals surface area contributed by atoms with Crippen molar-refractivity contribution in [3.8, 4) is 0 Å². The number of unbranched alkanes of at least 4 members (excludes halogenated alkanes) is 10. The summed E-state index contributed by atoms with van der Waals surface area (Å²) in [5, 5.41) is 0. The average molecular weight is 268 g/mol. The molecule has 0 aromatic carbocycles. The molecule has 0 saturated heterocycles. The number of allylic oxidation sites excluding steroid dienone is 2. The molecule has 0 rings (SSSR count). The fourth-order valence-corrected chi connectivity index (χ4v) is 2.32. The highest BCUT2D eigenvalue weighted by Gasteiger charge is 1.91. The average Bonchev–Trinajstić information content (AvgIpc) is 2.39. The summed E-state index contributed by atoms with van der Waals surface area (Å²) < 4.78 is 0. The molecule has 0 bridgehead atoms. The summed E-state index contributed by atoms with van der Waals surface area (Å²) in [4.78, 5) is 2.28. The minimum atomic E-state index is 1.24. The molecule has 0 unspecified atom stereocenters. The standard InChI is InChI=1S/C18H37N/c1-4-5-6-7-8-9-10-11-12-13-14-15-16-17-18-19(2)3/h11-12H,4-10,13-18H2,1-3H3/b12-11+. The van der Waals surface area contributed by atoms with E-state index in [4.69, 9.17) is 0 Å². The van der Waals surface area contributed by atoms with Gasteiger partial charge >= 0.3 is 0 Å². The van der Waals surface area contributed by atoms with Crippen LogP contribution in [-0.2, 0) is 0 Å². The van der Waals surface area contributed by atoms with E-state index >= 15 is 0 Å². The van der Waals surface area contributed by atoms with Gasteiger partial charge in [0.05, 0.1) is 0 Å². The second-order valence-corrected chi connectivity index (χ2v) is 6.03. The van der Waals surface area contributed by atoms with Crippen LogP contribution >= 0.6 is 0 Å². The van der Waals surface area contributed by atoms with Gasteiger partial charge in [0.2, 0.25) is 0 Å². The van der Waals surface area contributed by atoms with Crippen LogP contribution in [0.2, 0.25) is 0 Å². The molecule has 0 fully saturated rings. The van der Waals surface area contributed by atoms with Crippen molar-refractivity contribution in [1.29, 1.82) is 0 Å². The molecule has 1 nitrogen and oxygen atoms in total. The van der Waals surface area contributed by atoms with E-state index in [0.717, 1.165) is 0 Å². The molecular formula is C18H37N. The van der Waals surface area contributed by atoms with Gasteiger partial charge in [0.15, 0.2) is 0 Å². The Morgan fingerprint density at radius 2 is 1.11 bits per heavy atom. The van der Waals surface area contributed by atoms with Gasteiger partial charge in [-0.2, -0.15) is 0 Å². The first-order chi connectivity index (χ1) is 9.27. The van der Waals surface area contributed by atoms with Crippen LogP contribution in [0.1, 0.15) is 84.0 Å². The molecule has 19 heavy (non-hydrogen) atoms. The number of hydrogen-bond donors (Lipinski definition) is 0. The lowest BCUT2D eigenvalue weighted by atomic mass is 10.1. The number of nitrogens with zero attached hydrogens (tertiary/aromatic N) is 1. The molecule has 0 amide bonds. The van der Waals surface area contributed by atoms with Crippen LogP contribution < -0.4 is 0 Å². The van der Waals surface area contributed by atoms with Crippen molar-refractivity contribution < 1.29 is 0 Å². The van der Waals surface area contributed by atoms with Crippen molar-refractivity contribution >= 4 is 0 Å². The molecule has 0 atom stereocenters. The highest BCUT2D eigenvalue weighted by molar-refractivity contribution is 4.81. The molecule has 0 aromatic rings. The Morgan fingerprint density at radius 1 is 0.632 bits per heavy atom. The topological polar surface area (TPSA) is 3.24 Å². The monoisotopic (exact) mass is 267 g/mol. The molecule has 1 heteroatoms. The number of rotatable bonds is 14. The molecule has 0 N–H and O–H groups in total. The first-order valence-electron chi connectivity index (χ1n) is 8.57. The predicted molar refractivity (Wildman–Crippen MR) is 88.8 cm³/mol. The van der Waals surface area contributed by atoms with Crippen LogP contribution in [0.15, 0.2) is 12.2 Å². The summed E-state index contributed by atoms with van der Waals surface area (Å²) in [5.41, 5.74) is 0. The maximum Gasteiger partial charge on any atom is -0.00248 e. The van der Waals surface area contributed by atoms with Gasteiger partial charge in [-0.1, -0.05) is 64.0 Å². The summed E-state index contributed by atoms with van der Waals surface area (Å²) >= 11 is 0. The minimum absolute atomic E-state index is 1.24. The van der Waals surface area contributed by atoms with E-state index in [1.165, 1.54) is 83.6 Å². The lowest BCUT2D eigenvalue weighted by molar-refractivity contribution is 0.390. The third-order valence-corrected chi connectivity index (χ3v) is 3.62. The van der Waals surface area contributed by atoms with Crippen molar-refractivity contribution in [2.75, 3.05) is 20.6 Å². The van der Waals surface area contributed by atoms with Gasteiger partial charge in [-0.3, -0.25) is 0 Å². The van der Waals surface area contributed by atoms with E-state index in [9.17, 15) is 0 Å². The maximum absolute atomic E-state index is 2.40. The molecule has 0 radical (unpaired) electrons. The largest absolute Gasteiger partial charge is 0.309 e. The Hall–Kier alpha value is -0.300. The van der Waals surface area contributed by atoms with Crippen LogP contribution in [0, 0.1) is 0 Å². The first kappa shape index (κ1) is 18.7. The second-order valence-electron chi connectivity index (χ2n) is 6.03. The predicted octanol–water partition coefficient (Wildman–Crippen LogP) is 5.81. The zero-order chi connectivity index (χ0) is 14.2. The fourth-order valence-electron chi connectivity index (χ4n) is 2.32. The van der Waals surface area contributed by atoms with Crippen LogP contribution in [0.4, 0.5) is 0 Å². The molecule has 0 spiro atoms. The molecular weight excluding hydrogens is 230 g/mol. The van der Waals surface area contributed by atoms with Gasteiger partial charge in [-0.15, -0.1) is 0 Å². The quantitative estimate of drug-likeness (QED) is 0.284. The van der Waals surface area contributed by atoms with E-state index in [1.807, 2.05) is 0 Å². The van der Waals surface area contributed by atoms with Gasteiger partial charge in [0.25, 0.3) is 0 Å². The van der Waals surface area contributed by atoms with Gasteiger partial charge in [-0.25, -0.2) is 0 Å². The SMILES string of the molecule is CCCCCCCC/C=C/CCCCCCN(C)C. The van der Waals surface area contributed by atoms with Crippen LogP contribution in [0.25, 0.3) is 0 Å². The molecule has 114 valence electrons. The van der Waals surface area contributed by atoms with Gasteiger partial charge in [-0.05, 0) is 52.7 Å². The third kappa shape index (κ3) is 17.7. The highest BCUT2D eigenvalue weighted by Crippen LogP contribution is 2.08. The van der Waals surface area contributed by atoms with Gasteiger partial charge < -0.3 is 4.90 Å². The van der Waals surface area contributed by atoms with Crippen molar-refractivity contribution in [2.45, 2.75) is 84.0 Å². The van der Waals surface area contributed by atoms with E-state index in [1.54, 1.807) is 0 Å². The Labute approximate surface area is 122 Å². The smallest absolute Gasteiger partial charge is 0.00248 e. The molecule has 0 saturated carbocycles. The summed E-state index contributed by atoms with van der Waals surface area (Å²) in [6, 6.07) is 0. The van der Waals surface area contributed by atoms with E-state index in [-0.39, 0.29) is 0 Å². The zero-order valence-electron chi connectivity index (χ0n) is 13.8. The normalized spacial score (nSPS) is 11.8. The Kier molecular flexibility index (Phi) is 15.5. The summed E-state index contributed by atoms with van der Waals surface area (Å²) in [5.74, 6) is 0. The molecule has 0 aliphatic carbocycles. The van der Waals surface area contributed by atoms with Crippen LogP contribution in [0.3, 0.4) is 0 Å². The third-order valence-electron chi connectivity index (χ3n) is 3.62. The van der Waals surface area contributed by atoms with Crippen molar-refractivity contribution in [3.05, 3.63) is 12.2 Å². The van der Waals surface area contributed by atoms with Crippen molar-refractivity contribution in [3.63, 3.8) is 0 Å². The minimum Gasteiger partial charge on any atom is -0.309 e. The second kappa shape index (κ2) is 15.8. The summed E-state index contributed by atoms with van der Waals surface area (Å²) in [6.07, 6.45) is 21.4. The Balaban J connectivity index is 3.05. The van der Waals surface area contributed by atoms with Crippen LogP contribution in [-0.4, -0.2) is 25.5 Å². The lowest BCUT2D eigenvalue weighted by Crippen LogP contribution is -2.12. The molecule has 0 aromatic heterocycles. The lowest BCUT2D eigenvalue weighted by Gasteiger charge is -2.07. The van der Waals surface area contributed by atoms with E-state index in [2.05, 4.69) is 38.1 Å². The van der Waals surface area contributed by atoms with Crippen molar-refractivity contribution in [2.24, 2.45) is 0 Å². The fraction of sp³-hybridized carbons (Fsp3) is 0.889. The maximum atomic E-state index is 2.40. The summed E-state index contributed by atoms with van der Waals surface area (Å²) in [6.45, 7) is 3.52. The van der Waals surface area contributed by atoms with E-state index in [0.29, 0.717) is 0 Å². The molecule has 0 aliphatic rings. The first-order valence-corrected chi connectivity index (χ1v) is 8.57. The van der Waals surface area contributed by atoms with E-state index < -0.39 is 0 Å². The molecule has 0 aliphatic heterocycles. The number of hydrogen-bond acceptors (Lipinski definition) is 1. The Bertz CT molecular complexity index is 184. The van der Waals surface area contributed by atoms with Gasteiger partial charge in [0.1, 0.15) is 0 Å². The van der Waals surface area contributed by atoms with Crippen LogP contribution in [0.5, 0.6) is 0 Å². The van der Waals surface area contributed by atoms with Crippen molar-refractivity contribution in [1.82, 2.24) is 4.90 Å². The molecule has 0 heterocycles. The highest BCUT2D eigenvalue weighted by atomic mass is 15.0. The summed E-state index contributed by atoms with van der Waals surface area (Å²) in [7, 11) is 4.32.